The maximum absolute atomic E-state index is 12.6. The van der Waals surface area contributed by atoms with Gasteiger partial charge in [-0.3, -0.25) is 9.89 Å². The van der Waals surface area contributed by atoms with Gasteiger partial charge in [0.05, 0.1) is 11.6 Å². The van der Waals surface area contributed by atoms with E-state index in [1.807, 2.05) is 61.5 Å². The van der Waals surface area contributed by atoms with Crippen LogP contribution in [0.25, 0.3) is 10.9 Å². The number of aromatic nitrogens is 2. The van der Waals surface area contributed by atoms with Crippen LogP contribution in [0.1, 0.15) is 24.2 Å². The van der Waals surface area contributed by atoms with Gasteiger partial charge in [0.15, 0.2) is 6.10 Å². The molecule has 7 heteroatoms. The first-order valence-corrected chi connectivity index (χ1v) is 8.28. The van der Waals surface area contributed by atoms with Crippen LogP contribution in [0, 0.1) is 0 Å². The van der Waals surface area contributed by atoms with Crippen LogP contribution in [-0.2, 0) is 16.0 Å². The Kier molecular flexibility index (Phi) is 5.17. The maximum atomic E-state index is 12.6. The fourth-order valence-electron chi connectivity index (χ4n) is 2.81. The number of nitrogens with zero attached hydrogens (tertiary/aromatic N) is 1. The number of H-pyrrole nitrogens is 1. The van der Waals surface area contributed by atoms with Crippen molar-refractivity contribution < 1.29 is 14.3 Å². The highest BCUT2D eigenvalue weighted by molar-refractivity contribution is 5.86. The summed E-state index contributed by atoms with van der Waals surface area (Å²) < 4.78 is 5.05. The number of carbonyl (C=O) groups is 2. The van der Waals surface area contributed by atoms with Crippen molar-refractivity contribution in [2.45, 2.75) is 25.5 Å². The fourth-order valence-corrected chi connectivity index (χ4v) is 2.81. The Morgan fingerprint density at radius 3 is 2.58 bits per heavy atom. The van der Waals surface area contributed by atoms with Crippen molar-refractivity contribution in [3.8, 4) is 0 Å². The third kappa shape index (κ3) is 4.00. The van der Waals surface area contributed by atoms with Crippen LogP contribution in [0.3, 0.4) is 0 Å². The van der Waals surface area contributed by atoms with Gasteiger partial charge in [0.1, 0.15) is 0 Å². The number of aromatic amines is 1. The molecule has 1 aromatic heterocycles. The molecule has 0 aliphatic rings. The van der Waals surface area contributed by atoms with Crippen molar-refractivity contribution in [2.75, 3.05) is 0 Å². The van der Waals surface area contributed by atoms with E-state index in [0.717, 1.165) is 16.5 Å². The van der Waals surface area contributed by atoms with E-state index < -0.39 is 18.1 Å². The molecular weight excluding hydrogens is 332 g/mol. The van der Waals surface area contributed by atoms with Crippen LogP contribution in [0.4, 0.5) is 4.79 Å². The van der Waals surface area contributed by atoms with Crippen LogP contribution in [0.5, 0.6) is 0 Å². The van der Waals surface area contributed by atoms with Crippen molar-refractivity contribution in [1.82, 2.24) is 15.5 Å². The van der Waals surface area contributed by atoms with Gasteiger partial charge in [-0.2, -0.15) is 5.10 Å². The van der Waals surface area contributed by atoms with Gasteiger partial charge in [-0.15, -0.1) is 0 Å². The fraction of sp³-hybridized carbons (Fsp3) is 0.211. The van der Waals surface area contributed by atoms with E-state index in [1.54, 1.807) is 0 Å². The molecule has 134 valence electrons. The monoisotopic (exact) mass is 352 g/mol. The molecule has 2 amide bonds. The molecule has 0 radical (unpaired) electrons. The molecule has 3 rings (SSSR count). The Morgan fingerprint density at radius 1 is 1.15 bits per heavy atom. The van der Waals surface area contributed by atoms with Crippen molar-refractivity contribution in [2.24, 2.45) is 5.73 Å². The number of carbonyl (C=O) groups excluding carboxylic acids is 2. The molecule has 0 unspecified atom stereocenters. The molecule has 3 aromatic rings. The molecule has 2 aromatic carbocycles. The predicted octanol–water partition coefficient (Wildman–Crippen LogP) is 2.45. The SMILES string of the molecule is C[C@H](NC(=O)[C@H](Cc1[nH]nc2ccccc12)OC(N)=O)c1ccccc1. The molecule has 0 spiro atoms. The first-order valence-electron chi connectivity index (χ1n) is 8.28. The summed E-state index contributed by atoms with van der Waals surface area (Å²) in [6, 6.07) is 16.8. The summed E-state index contributed by atoms with van der Waals surface area (Å²) in [5.41, 5.74) is 7.58. The lowest BCUT2D eigenvalue weighted by molar-refractivity contribution is -0.130. The van der Waals surface area contributed by atoms with Gasteiger partial charge in [-0.25, -0.2) is 4.79 Å². The normalized spacial score (nSPS) is 13.1. The average Bonchev–Trinajstić information content (AvgIpc) is 3.04. The Balaban J connectivity index is 1.77. The number of nitrogens with one attached hydrogen (secondary N) is 2. The average molecular weight is 352 g/mol. The summed E-state index contributed by atoms with van der Waals surface area (Å²) >= 11 is 0. The number of hydrogen-bond acceptors (Lipinski definition) is 4. The molecule has 7 nitrogen and oxygen atoms in total. The lowest BCUT2D eigenvalue weighted by atomic mass is 10.1. The number of primary amides is 1. The molecule has 26 heavy (non-hydrogen) atoms. The molecule has 0 saturated heterocycles. The quantitative estimate of drug-likeness (QED) is 0.633. The summed E-state index contributed by atoms with van der Waals surface area (Å²) in [5, 5.41) is 10.8. The molecule has 0 saturated carbocycles. The van der Waals surface area contributed by atoms with Crippen LogP contribution in [-0.4, -0.2) is 28.3 Å². The summed E-state index contributed by atoms with van der Waals surface area (Å²) in [7, 11) is 0. The number of amides is 2. The van der Waals surface area contributed by atoms with Crippen LogP contribution < -0.4 is 11.1 Å². The van der Waals surface area contributed by atoms with Gasteiger partial charge < -0.3 is 15.8 Å². The molecule has 0 aliphatic carbocycles. The first kappa shape index (κ1) is 17.5. The Labute approximate surface area is 150 Å². The molecule has 4 N–H and O–H groups in total. The first-order chi connectivity index (χ1) is 12.5. The standard InChI is InChI=1S/C19H20N4O3/c1-12(13-7-3-2-4-8-13)21-18(24)17(26-19(20)25)11-16-14-9-5-6-10-15(14)22-23-16/h2-10,12,17H,11H2,1H3,(H2,20,25)(H,21,24)(H,22,23)/t12-,17-/m0/s1. The largest absolute Gasteiger partial charge is 0.436 e. The molecule has 0 aliphatic heterocycles. The summed E-state index contributed by atoms with van der Waals surface area (Å²) in [6.45, 7) is 1.86. The predicted molar refractivity (Wildman–Crippen MR) is 97.3 cm³/mol. The minimum atomic E-state index is -1.05. The van der Waals surface area contributed by atoms with Crippen molar-refractivity contribution >= 4 is 22.9 Å². The van der Waals surface area contributed by atoms with Crippen molar-refractivity contribution in [3.05, 3.63) is 65.9 Å². The molecule has 1 heterocycles. The Hall–Kier alpha value is -3.35. The van der Waals surface area contributed by atoms with Crippen LogP contribution >= 0.6 is 0 Å². The number of para-hydroxylation sites is 1. The number of rotatable bonds is 6. The molecule has 0 bridgehead atoms. The second-order valence-corrected chi connectivity index (χ2v) is 5.99. The maximum Gasteiger partial charge on any atom is 0.405 e. The minimum absolute atomic E-state index is 0.150. The van der Waals surface area contributed by atoms with Gasteiger partial charge in [-0.1, -0.05) is 48.5 Å². The second-order valence-electron chi connectivity index (χ2n) is 5.99. The third-order valence-electron chi connectivity index (χ3n) is 4.14. The highest BCUT2D eigenvalue weighted by Gasteiger charge is 2.25. The summed E-state index contributed by atoms with van der Waals surface area (Å²) in [6.07, 6.45) is -1.90. The van der Waals surface area contributed by atoms with Crippen LogP contribution in [0.15, 0.2) is 54.6 Å². The van der Waals surface area contributed by atoms with E-state index in [4.69, 9.17) is 10.5 Å². The highest BCUT2D eigenvalue weighted by Crippen LogP contribution is 2.18. The minimum Gasteiger partial charge on any atom is -0.436 e. The molecule has 2 atom stereocenters. The van der Waals surface area contributed by atoms with Crippen molar-refractivity contribution in [1.29, 1.82) is 0 Å². The van der Waals surface area contributed by atoms with E-state index in [2.05, 4.69) is 15.5 Å². The zero-order chi connectivity index (χ0) is 18.5. The Bertz CT molecular complexity index is 907. The second kappa shape index (κ2) is 7.69. The van der Waals surface area contributed by atoms with Gasteiger partial charge in [0.25, 0.3) is 5.91 Å². The van der Waals surface area contributed by atoms with E-state index in [1.165, 1.54) is 0 Å². The molecular formula is C19H20N4O3. The van der Waals surface area contributed by atoms with Gasteiger partial charge in [0, 0.05) is 17.5 Å². The number of fused-ring (bicyclic) bond motifs is 1. The number of hydrogen-bond donors (Lipinski definition) is 3. The smallest absolute Gasteiger partial charge is 0.405 e. The van der Waals surface area contributed by atoms with E-state index in [-0.39, 0.29) is 12.5 Å². The zero-order valence-corrected chi connectivity index (χ0v) is 14.3. The summed E-state index contributed by atoms with van der Waals surface area (Å²) in [4.78, 5) is 23.9. The van der Waals surface area contributed by atoms with E-state index >= 15 is 0 Å². The third-order valence-corrected chi connectivity index (χ3v) is 4.14. The number of nitrogens with two attached hydrogens (primary N) is 1. The van der Waals surface area contributed by atoms with E-state index in [9.17, 15) is 9.59 Å². The van der Waals surface area contributed by atoms with Gasteiger partial charge in [0.2, 0.25) is 0 Å². The van der Waals surface area contributed by atoms with Gasteiger partial charge >= 0.3 is 6.09 Å². The van der Waals surface area contributed by atoms with Crippen LogP contribution in [0.2, 0.25) is 0 Å². The topological polar surface area (TPSA) is 110 Å². The number of ether oxygens (including phenoxy) is 1. The van der Waals surface area contributed by atoms with Crippen molar-refractivity contribution in [3.63, 3.8) is 0 Å². The zero-order valence-electron chi connectivity index (χ0n) is 14.3. The number of benzene rings is 2. The lowest BCUT2D eigenvalue weighted by Gasteiger charge is -2.20. The Morgan fingerprint density at radius 2 is 1.85 bits per heavy atom. The lowest BCUT2D eigenvalue weighted by Crippen LogP contribution is -2.41. The van der Waals surface area contributed by atoms with Gasteiger partial charge in [-0.05, 0) is 18.6 Å². The van der Waals surface area contributed by atoms with E-state index in [0.29, 0.717) is 5.69 Å². The highest BCUT2D eigenvalue weighted by atomic mass is 16.6. The molecule has 0 fully saturated rings. The summed E-state index contributed by atoms with van der Waals surface area (Å²) in [5.74, 6) is -0.418.